The van der Waals surface area contributed by atoms with E-state index in [0.29, 0.717) is 48.4 Å². The minimum absolute atomic E-state index is 0.0211. The van der Waals surface area contributed by atoms with Crippen molar-refractivity contribution in [2.45, 2.75) is 95.1 Å². The number of allylic oxidation sites excluding steroid dienone is 7. The number of hydrogen-bond acceptors (Lipinski definition) is 14. The fourth-order valence-electron chi connectivity index (χ4n) is 8.20. The molecule has 0 spiro atoms. The first-order valence-corrected chi connectivity index (χ1v) is 23.8. The van der Waals surface area contributed by atoms with Gasteiger partial charge in [0.05, 0.1) is 30.5 Å². The van der Waals surface area contributed by atoms with Gasteiger partial charge in [-0.05, 0) is 87.4 Å². The van der Waals surface area contributed by atoms with Crippen LogP contribution < -0.4 is 10.2 Å². The topological polar surface area (TPSA) is 236 Å². The number of fused-ring (bicyclic) bond motifs is 2. The van der Waals surface area contributed by atoms with Gasteiger partial charge in [-0.25, -0.2) is 25.3 Å². The lowest BCUT2D eigenvalue weighted by Gasteiger charge is -2.29. The lowest BCUT2D eigenvalue weighted by molar-refractivity contribution is -0.437. The van der Waals surface area contributed by atoms with Gasteiger partial charge in [-0.15, -0.1) is 0 Å². The van der Waals surface area contributed by atoms with Gasteiger partial charge in [0.2, 0.25) is 5.69 Å². The molecule has 0 radical (unpaired) electrons. The Labute approximate surface area is 347 Å². The van der Waals surface area contributed by atoms with E-state index in [9.17, 15) is 48.8 Å². The van der Waals surface area contributed by atoms with E-state index < -0.39 is 63.8 Å². The number of aliphatic hydroxyl groups is 1. The molecule has 2 aromatic carbocycles. The quantitative estimate of drug-likeness (QED) is 0.0924. The molecule has 2 heterocycles. The number of hydrogen-bond donors (Lipinski definition) is 2. The van der Waals surface area contributed by atoms with Gasteiger partial charge >= 0.3 is 0 Å². The molecule has 0 aromatic heterocycles. The molecular weight excluding hydrogens is 823 g/mol. The van der Waals surface area contributed by atoms with Crippen LogP contribution in [-0.2, 0) is 50.7 Å². The Kier molecular flexibility index (Phi) is 13.9. The van der Waals surface area contributed by atoms with Gasteiger partial charge in [0.1, 0.15) is 16.7 Å². The lowest BCUT2D eigenvalue weighted by atomic mass is 9.81. The van der Waals surface area contributed by atoms with E-state index in [1.807, 2.05) is 66.7 Å². The fourth-order valence-corrected chi connectivity index (χ4v) is 9.67. The third-order valence-electron chi connectivity index (χ3n) is 11.1. The molecule has 18 heteroatoms. The molecule has 0 bridgehead atoms. The molecule has 1 unspecified atom stereocenters. The monoisotopic (exact) mass is 873 g/mol. The maximum atomic E-state index is 12.0. The molecule has 2 aliphatic heterocycles. The lowest BCUT2D eigenvalue weighted by Crippen LogP contribution is -2.34. The highest BCUT2D eigenvalue weighted by Crippen LogP contribution is 2.48. The van der Waals surface area contributed by atoms with Crippen molar-refractivity contribution in [3.05, 3.63) is 99.9 Å². The molecule has 0 saturated heterocycles. The van der Waals surface area contributed by atoms with Crippen LogP contribution in [0, 0.1) is 6.92 Å². The van der Waals surface area contributed by atoms with E-state index in [1.165, 1.54) is 18.2 Å². The summed E-state index contributed by atoms with van der Waals surface area (Å²) >= 11 is 0. The van der Waals surface area contributed by atoms with Crippen LogP contribution in [0.25, 0.3) is 0 Å². The summed E-state index contributed by atoms with van der Waals surface area (Å²) in [6.45, 7) is 10.2. The highest BCUT2D eigenvalue weighted by Gasteiger charge is 2.45. The third-order valence-corrected chi connectivity index (χ3v) is 13.5. The summed E-state index contributed by atoms with van der Waals surface area (Å²) in [5, 5.41) is 13.1. The largest absolute Gasteiger partial charge is 0.748 e. The Morgan fingerprint density at radius 1 is 0.898 bits per heavy atom. The molecule has 322 valence electrons. The number of carbonyl (C=O) groups excluding carboxylic acids is 1. The first kappa shape index (κ1) is 45.9. The number of ether oxygens (including phenoxy) is 1. The van der Waals surface area contributed by atoms with Gasteiger partial charge in [-0.3, -0.25) is 4.79 Å². The Morgan fingerprint density at radius 2 is 1.59 bits per heavy atom. The molecule has 15 nitrogen and oxygen atoms in total. The van der Waals surface area contributed by atoms with E-state index in [4.69, 9.17) is 4.74 Å². The summed E-state index contributed by atoms with van der Waals surface area (Å²) in [5.74, 6) is -1.13. The number of anilines is 1. The summed E-state index contributed by atoms with van der Waals surface area (Å²) in [6, 6.07) is 10.1. The highest BCUT2D eigenvalue weighted by atomic mass is 32.2. The van der Waals surface area contributed by atoms with Crippen LogP contribution >= 0.6 is 0 Å². The second-order valence-electron chi connectivity index (χ2n) is 16.0. The van der Waals surface area contributed by atoms with E-state index in [-0.39, 0.29) is 39.0 Å². The minimum Gasteiger partial charge on any atom is -0.748 e. The zero-order valence-electron chi connectivity index (χ0n) is 33.8. The van der Waals surface area contributed by atoms with Crippen molar-refractivity contribution in [2.75, 3.05) is 36.1 Å². The Hall–Kier alpha value is -4.17. The molecule has 0 saturated carbocycles. The molecule has 1 aliphatic carbocycles. The summed E-state index contributed by atoms with van der Waals surface area (Å²) in [7, 11) is -13.8. The highest BCUT2D eigenvalue weighted by molar-refractivity contribution is 7.86. The van der Waals surface area contributed by atoms with Crippen LogP contribution in [0.1, 0.15) is 82.9 Å². The first-order valence-electron chi connectivity index (χ1n) is 19.3. The molecule has 1 atom stereocenters. The van der Waals surface area contributed by atoms with E-state index in [1.54, 1.807) is 0 Å². The van der Waals surface area contributed by atoms with Gasteiger partial charge in [-0.2, -0.15) is 4.58 Å². The molecule has 0 amide bonds. The molecule has 5 rings (SSSR count). The van der Waals surface area contributed by atoms with E-state index in [2.05, 4.69) is 25.2 Å². The number of rotatable bonds is 18. The molecule has 0 fully saturated rings. The number of aryl methyl sites for hydroxylation is 1. The van der Waals surface area contributed by atoms with Crippen LogP contribution in [0.15, 0.2) is 88.1 Å². The molecule has 2 aromatic rings. The second kappa shape index (κ2) is 17.8. The predicted molar refractivity (Wildman–Crippen MR) is 219 cm³/mol. The molecule has 3 aliphatic rings. The summed E-state index contributed by atoms with van der Waals surface area (Å²) < 4.78 is 112. The van der Waals surface area contributed by atoms with Crippen LogP contribution in [0.2, 0.25) is 0 Å². The molecule has 2 N–H and O–H groups in total. The summed E-state index contributed by atoms with van der Waals surface area (Å²) in [6.07, 6.45) is 8.80. The average Bonchev–Trinajstić information content (AvgIpc) is 3.46. The summed E-state index contributed by atoms with van der Waals surface area (Å²) in [4.78, 5) is 13.2. The van der Waals surface area contributed by atoms with Crippen molar-refractivity contribution in [2.24, 2.45) is 0 Å². The Bertz CT molecular complexity index is 2460. The van der Waals surface area contributed by atoms with Crippen molar-refractivity contribution in [3.63, 3.8) is 0 Å². The maximum Gasteiger partial charge on any atom is 0.295 e. The van der Waals surface area contributed by atoms with Crippen molar-refractivity contribution < 1.29 is 58.1 Å². The SMILES string of the molecule is Cc1ccc2c(c1)C(C)(C)/C(=C/C=C1\CCCC(/C=C/C3=[N+](CCCS(=O)(=O)[O-])c4ccc(S(=O)(=O)[O-])cc4C3(C)C)=C1NC(CCO)OC=O)N2CCCS(=O)(=O)[O-]. The minimum atomic E-state index is -4.80. The number of carbonyl (C=O) groups is 1. The average molecular weight is 874 g/mol. The van der Waals surface area contributed by atoms with Crippen molar-refractivity contribution in [1.82, 2.24) is 5.32 Å². The predicted octanol–water partition coefficient (Wildman–Crippen LogP) is 4.22. The Morgan fingerprint density at radius 3 is 2.24 bits per heavy atom. The van der Waals surface area contributed by atoms with Crippen molar-refractivity contribution in [3.8, 4) is 0 Å². The zero-order valence-corrected chi connectivity index (χ0v) is 36.2. The normalized spacial score (nSPS) is 19.8. The number of nitrogens with one attached hydrogen (secondary N) is 1. The number of nitrogens with zero attached hydrogens (tertiary/aromatic N) is 2. The maximum absolute atomic E-state index is 12.0. The van der Waals surface area contributed by atoms with Crippen LogP contribution in [0.4, 0.5) is 11.4 Å². The van der Waals surface area contributed by atoms with Crippen molar-refractivity contribution >= 4 is 53.9 Å². The first-order chi connectivity index (χ1) is 27.5. The van der Waals surface area contributed by atoms with Crippen molar-refractivity contribution in [1.29, 1.82) is 0 Å². The second-order valence-corrected chi connectivity index (χ2v) is 20.5. The standard InChI is InChI=1S/C41H53N3O12S3/c1-28-11-15-34-32(25-28)40(2,3)36(43(34)20-7-23-57(47,48)49)17-12-29-9-6-10-30(39(29)42-38(19-22-45)56-27-46)13-18-37-41(4,5)33-26-31(59(53,54)55)14-16-35(33)44(37)21-8-24-58(50,51)52/h11-18,25-27,38,45H,6-10,19-24H2,1-5H3,(H3,47,48,49,50,51,52,53,54,55)/p-2/b29-12+,36-17-. The zero-order chi connectivity index (χ0) is 43.6. The number of benzene rings is 2. The Balaban J connectivity index is 1.64. The van der Waals surface area contributed by atoms with Gasteiger partial charge in [0, 0.05) is 77.7 Å². The van der Waals surface area contributed by atoms with Crippen LogP contribution in [-0.4, -0.2) is 98.2 Å². The van der Waals surface area contributed by atoms with Crippen LogP contribution in [0.3, 0.4) is 0 Å². The van der Waals surface area contributed by atoms with Gasteiger partial charge in [0.25, 0.3) is 6.47 Å². The van der Waals surface area contributed by atoms with E-state index >= 15 is 0 Å². The molecule has 59 heavy (non-hydrogen) atoms. The van der Waals surface area contributed by atoms with Crippen LogP contribution in [0.5, 0.6) is 0 Å². The number of aliphatic hydroxyl groups excluding tert-OH is 1. The fraction of sp³-hybridized carbons (Fsp3) is 0.463. The van der Waals surface area contributed by atoms with E-state index in [0.717, 1.165) is 33.7 Å². The third kappa shape index (κ3) is 10.8. The summed E-state index contributed by atoms with van der Waals surface area (Å²) in [5.41, 5.74) is 6.50. The smallest absolute Gasteiger partial charge is 0.295 e. The van der Waals surface area contributed by atoms with Gasteiger partial charge in [-0.1, -0.05) is 43.7 Å². The molecular formula is C41H51N3O12S3-2. The van der Waals surface area contributed by atoms with Gasteiger partial charge in [0.15, 0.2) is 11.9 Å². The van der Waals surface area contributed by atoms with Gasteiger partial charge < -0.3 is 33.7 Å².